The van der Waals surface area contributed by atoms with E-state index in [-0.39, 0.29) is 11.4 Å². The lowest BCUT2D eigenvalue weighted by Crippen LogP contribution is -2.27. The first kappa shape index (κ1) is 13.4. The van der Waals surface area contributed by atoms with Gasteiger partial charge in [-0.05, 0) is 34.1 Å². The van der Waals surface area contributed by atoms with Crippen LogP contribution < -0.4 is 10.5 Å². The molecule has 0 aromatic heterocycles. The Morgan fingerprint density at radius 2 is 2.19 bits per heavy atom. The summed E-state index contributed by atoms with van der Waals surface area (Å²) in [4.78, 5) is 0.171. The van der Waals surface area contributed by atoms with Crippen molar-refractivity contribution in [3.8, 4) is 0 Å². The summed E-state index contributed by atoms with van der Waals surface area (Å²) in [5.74, 6) is 0. The second kappa shape index (κ2) is 5.62. The van der Waals surface area contributed by atoms with Crippen LogP contribution in [0.5, 0.6) is 0 Å². The van der Waals surface area contributed by atoms with E-state index in [1.54, 1.807) is 0 Å². The van der Waals surface area contributed by atoms with Crippen molar-refractivity contribution in [3.05, 3.63) is 22.7 Å². The van der Waals surface area contributed by atoms with Crippen LogP contribution >= 0.6 is 15.9 Å². The summed E-state index contributed by atoms with van der Waals surface area (Å²) in [5.41, 5.74) is 6.07. The minimum Gasteiger partial charge on any atom is -0.398 e. The van der Waals surface area contributed by atoms with Gasteiger partial charge in [0.1, 0.15) is 0 Å². The first-order chi connectivity index (χ1) is 7.47. The molecule has 0 fully saturated rings. The summed E-state index contributed by atoms with van der Waals surface area (Å²) >= 11 is 3.18. The molecule has 1 aromatic rings. The van der Waals surface area contributed by atoms with Gasteiger partial charge < -0.3 is 10.5 Å². The number of methoxy groups -OCH3 is 1. The van der Waals surface area contributed by atoms with Crippen LogP contribution in [0.25, 0.3) is 0 Å². The second-order valence-corrected chi connectivity index (χ2v) is 5.70. The van der Waals surface area contributed by atoms with Crippen LogP contribution in [0.3, 0.4) is 0 Å². The van der Waals surface area contributed by atoms with Crippen molar-refractivity contribution in [2.75, 3.05) is 26.0 Å². The Hall–Kier alpha value is -0.630. The van der Waals surface area contributed by atoms with Gasteiger partial charge in [0.2, 0.25) is 10.0 Å². The topological polar surface area (TPSA) is 81.4 Å². The lowest BCUT2D eigenvalue weighted by atomic mass is 10.3. The zero-order valence-corrected chi connectivity index (χ0v) is 11.1. The van der Waals surface area contributed by atoms with Gasteiger partial charge in [0.25, 0.3) is 0 Å². The Bertz CT molecular complexity index is 462. The zero-order valence-electron chi connectivity index (χ0n) is 8.73. The number of ether oxygens (including phenoxy) is 1. The number of benzene rings is 1. The summed E-state index contributed by atoms with van der Waals surface area (Å²) < 4.78 is 31.2. The van der Waals surface area contributed by atoms with Gasteiger partial charge >= 0.3 is 0 Å². The molecule has 0 saturated carbocycles. The number of anilines is 1. The van der Waals surface area contributed by atoms with Crippen molar-refractivity contribution in [2.45, 2.75) is 4.90 Å². The Balaban J connectivity index is 2.86. The van der Waals surface area contributed by atoms with Crippen LogP contribution in [0, 0.1) is 0 Å². The fourth-order valence-electron chi connectivity index (χ4n) is 1.04. The van der Waals surface area contributed by atoms with Crippen LogP contribution in [-0.2, 0) is 14.8 Å². The SMILES string of the molecule is COCCNS(=O)(=O)c1ccc(N)c(Br)c1. The molecule has 0 amide bonds. The monoisotopic (exact) mass is 308 g/mol. The molecule has 0 bridgehead atoms. The van der Waals surface area contributed by atoms with E-state index in [9.17, 15) is 8.42 Å². The van der Waals surface area contributed by atoms with Gasteiger partial charge in [-0.15, -0.1) is 0 Å². The molecule has 0 heterocycles. The van der Waals surface area contributed by atoms with E-state index < -0.39 is 10.0 Å². The first-order valence-corrected chi connectivity index (χ1v) is 6.78. The van der Waals surface area contributed by atoms with Crippen molar-refractivity contribution in [1.82, 2.24) is 4.72 Å². The highest BCUT2D eigenvalue weighted by Gasteiger charge is 2.14. The molecule has 1 rings (SSSR count). The van der Waals surface area contributed by atoms with E-state index in [0.717, 1.165) is 0 Å². The molecule has 0 aliphatic carbocycles. The van der Waals surface area contributed by atoms with Crippen LogP contribution in [0.1, 0.15) is 0 Å². The highest BCUT2D eigenvalue weighted by Crippen LogP contribution is 2.22. The van der Waals surface area contributed by atoms with Gasteiger partial charge in [0.15, 0.2) is 0 Å². The first-order valence-electron chi connectivity index (χ1n) is 4.51. The molecular formula is C9H13BrN2O3S. The highest BCUT2D eigenvalue weighted by atomic mass is 79.9. The molecule has 0 spiro atoms. The maximum atomic E-state index is 11.7. The molecule has 1 aromatic carbocycles. The number of rotatable bonds is 5. The molecule has 90 valence electrons. The Labute approximate surface area is 103 Å². The smallest absolute Gasteiger partial charge is 0.240 e. The third kappa shape index (κ3) is 3.44. The fraction of sp³-hybridized carbons (Fsp3) is 0.333. The fourth-order valence-corrected chi connectivity index (χ4v) is 2.61. The van der Waals surface area contributed by atoms with Crippen LogP contribution in [-0.4, -0.2) is 28.7 Å². The molecule has 0 saturated heterocycles. The van der Waals surface area contributed by atoms with Gasteiger partial charge in [-0.25, -0.2) is 13.1 Å². The maximum Gasteiger partial charge on any atom is 0.240 e. The molecule has 0 unspecified atom stereocenters. The number of nitrogens with two attached hydrogens (primary N) is 1. The molecular weight excluding hydrogens is 296 g/mol. The summed E-state index contributed by atoms with van der Waals surface area (Å²) in [7, 11) is -1.98. The third-order valence-corrected chi connectivity index (χ3v) is 4.03. The van der Waals surface area contributed by atoms with Crippen molar-refractivity contribution in [1.29, 1.82) is 0 Å². The van der Waals surface area contributed by atoms with Crippen molar-refractivity contribution in [3.63, 3.8) is 0 Å². The van der Waals surface area contributed by atoms with Gasteiger partial charge in [-0.1, -0.05) is 0 Å². The number of halogens is 1. The predicted octanol–water partition coefficient (Wildman–Crippen LogP) is 0.956. The molecule has 7 heteroatoms. The lowest BCUT2D eigenvalue weighted by molar-refractivity contribution is 0.204. The van der Waals surface area contributed by atoms with Crippen molar-refractivity contribution in [2.24, 2.45) is 0 Å². The van der Waals surface area contributed by atoms with Gasteiger partial charge in [0, 0.05) is 23.8 Å². The standard InChI is InChI=1S/C9H13BrN2O3S/c1-15-5-4-12-16(13,14)7-2-3-9(11)8(10)6-7/h2-3,6,12H,4-5,11H2,1H3. The largest absolute Gasteiger partial charge is 0.398 e. The highest BCUT2D eigenvalue weighted by molar-refractivity contribution is 9.10. The van der Waals surface area contributed by atoms with E-state index in [2.05, 4.69) is 20.7 Å². The average molecular weight is 309 g/mol. The molecule has 16 heavy (non-hydrogen) atoms. The van der Waals surface area contributed by atoms with E-state index in [4.69, 9.17) is 10.5 Å². The number of sulfonamides is 1. The quantitative estimate of drug-likeness (QED) is 0.627. The molecule has 0 aliphatic heterocycles. The predicted molar refractivity (Wildman–Crippen MR) is 65.6 cm³/mol. The van der Waals surface area contributed by atoms with Gasteiger partial charge in [0.05, 0.1) is 11.5 Å². The summed E-state index contributed by atoms with van der Waals surface area (Å²) in [6, 6.07) is 4.45. The maximum absolute atomic E-state index is 11.7. The van der Waals surface area contributed by atoms with E-state index in [0.29, 0.717) is 16.8 Å². The number of nitrogens with one attached hydrogen (secondary N) is 1. The second-order valence-electron chi connectivity index (χ2n) is 3.07. The lowest BCUT2D eigenvalue weighted by Gasteiger charge is -2.07. The number of hydrogen-bond acceptors (Lipinski definition) is 4. The minimum absolute atomic E-state index is 0.171. The van der Waals surface area contributed by atoms with Crippen molar-refractivity contribution >= 4 is 31.6 Å². The van der Waals surface area contributed by atoms with Gasteiger partial charge in [-0.3, -0.25) is 0 Å². The summed E-state index contributed by atoms with van der Waals surface area (Å²) in [6.45, 7) is 0.566. The van der Waals surface area contributed by atoms with Crippen LogP contribution in [0.15, 0.2) is 27.6 Å². The van der Waals surface area contributed by atoms with E-state index in [1.807, 2.05) is 0 Å². The molecule has 0 radical (unpaired) electrons. The summed E-state index contributed by atoms with van der Waals surface area (Å²) in [6.07, 6.45) is 0. The normalized spacial score (nSPS) is 11.6. The Morgan fingerprint density at radius 1 is 1.50 bits per heavy atom. The summed E-state index contributed by atoms with van der Waals surface area (Å²) in [5, 5.41) is 0. The Morgan fingerprint density at radius 3 is 2.75 bits per heavy atom. The van der Waals surface area contributed by atoms with E-state index >= 15 is 0 Å². The molecule has 3 N–H and O–H groups in total. The molecule has 0 atom stereocenters. The zero-order chi connectivity index (χ0) is 12.2. The molecule has 5 nitrogen and oxygen atoms in total. The molecule has 0 aliphatic rings. The number of hydrogen-bond donors (Lipinski definition) is 2. The van der Waals surface area contributed by atoms with Crippen LogP contribution in [0.4, 0.5) is 5.69 Å². The van der Waals surface area contributed by atoms with E-state index in [1.165, 1.54) is 25.3 Å². The van der Waals surface area contributed by atoms with Crippen molar-refractivity contribution < 1.29 is 13.2 Å². The number of nitrogen functional groups attached to an aromatic ring is 1. The Kier molecular flexibility index (Phi) is 4.72. The third-order valence-electron chi connectivity index (χ3n) is 1.88. The average Bonchev–Trinajstić information content (AvgIpc) is 2.22. The van der Waals surface area contributed by atoms with Crippen LogP contribution in [0.2, 0.25) is 0 Å². The minimum atomic E-state index is -3.49. The van der Waals surface area contributed by atoms with Gasteiger partial charge in [-0.2, -0.15) is 0 Å².